The van der Waals surface area contributed by atoms with Crippen LogP contribution in [0.1, 0.15) is 0 Å². The predicted molar refractivity (Wildman–Crippen MR) is 210 cm³/mol. The van der Waals surface area contributed by atoms with E-state index in [1.54, 1.807) is 0 Å². The lowest BCUT2D eigenvalue weighted by molar-refractivity contribution is 0.654. The lowest BCUT2D eigenvalue weighted by Gasteiger charge is -2.28. The molecule has 0 amide bonds. The smallest absolute Gasteiger partial charge is 0.227 e. The molecule has 10 rings (SSSR count). The second-order valence-electron chi connectivity index (χ2n) is 12.8. The molecule has 2 aromatic heterocycles. The summed E-state index contributed by atoms with van der Waals surface area (Å²) in [5.74, 6) is 0. The number of benzene rings is 8. The number of rotatable bonds is 5. The first-order valence-electron chi connectivity index (χ1n) is 17.0. The van der Waals surface area contributed by atoms with Crippen LogP contribution in [0.5, 0.6) is 0 Å². The first-order valence-corrected chi connectivity index (χ1v) is 17.0. The van der Waals surface area contributed by atoms with E-state index in [0.717, 1.165) is 44.7 Å². The number of aromatic nitrogens is 1. The van der Waals surface area contributed by atoms with Crippen molar-refractivity contribution in [3.05, 3.63) is 182 Å². The molecule has 10 aromatic rings. The lowest BCUT2D eigenvalue weighted by atomic mass is 9.94. The zero-order valence-electron chi connectivity index (χ0n) is 27.1. The van der Waals surface area contributed by atoms with E-state index < -0.39 is 0 Å². The van der Waals surface area contributed by atoms with E-state index in [-0.39, 0.29) is 0 Å². The largest absolute Gasteiger partial charge is 0.438 e. The Kier molecular flexibility index (Phi) is 6.49. The molecule has 0 N–H and O–H groups in total. The van der Waals surface area contributed by atoms with Crippen LogP contribution in [0.25, 0.3) is 76.8 Å². The fraction of sp³-hybridized carbons (Fsp3) is 0. The summed E-state index contributed by atoms with van der Waals surface area (Å²) in [7, 11) is 0. The van der Waals surface area contributed by atoms with Crippen LogP contribution in [0, 0.1) is 0 Å². The van der Waals surface area contributed by atoms with Gasteiger partial charge in [0.05, 0.1) is 11.4 Å². The predicted octanol–water partition coefficient (Wildman–Crippen LogP) is 13.2. The van der Waals surface area contributed by atoms with Crippen molar-refractivity contribution >= 4 is 71.4 Å². The third kappa shape index (κ3) is 4.63. The van der Waals surface area contributed by atoms with E-state index >= 15 is 0 Å². The number of hydrogen-bond acceptors (Lipinski definition) is 3. The highest BCUT2D eigenvalue weighted by molar-refractivity contribution is 6.23. The van der Waals surface area contributed by atoms with E-state index in [0.29, 0.717) is 5.71 Å². The maximum atomic E-state index is 6.12. The van der Waals surface area contributed by atoms with E-state index in [1.807, 2.05) is 18.2 Å². The van der Waals surface area contributed by atoms with Gasteiger partial charge in [-0.2, -0.15) is 0 Å². The van der Waals surface area contributed by atoms with Gasteiger partial charge in [-0.1, -0.05) is 133 Å². The molecule has 0 spiro atoms. The van der Waals surface area contributed by atoms with Gasteiger partial charge < -0.3 is 9.32 Å². The Morgan fingerprint density at radius 3 is 1.78 bits per heavy atom. The van der Waals surface area contributed by atoms with Crippen molar-refractivity contribution in [1.29, 1.82) is 0 Å². The normalized spacial score (nSPS) is 11.6. The minimum atomic E-state index is 0.656. The molecule has 0 aliphatic heterocycles. The van der Waals surface area contributed by atoms with Crippen molar-refractivity contribution < 1.29 is 4.42 Å². The van der Waals surface area contributed by atoms with Crippen LogP contribution in [0.4, 0.5) is 17.1 Å². The second kappa shape index (κ2) is 11.5. The van der Waals surface area contributed by atoms with Crippen molar-refractivity contribution in [3.8, 4) is 22.4 Å². The molecule has 0 atom stereocenters. The van der Waals surface area contributed by atoms with Gasteiger partial charge in [-0.15, -0.1) is 0 Å². The summed E-state index contributed by atoms with van der Waals surface area (Å²) in [6, 6.07) is 64.8. The summed E-state index contributed by atoms with van der Waals surface area (Å²) < 4.78 is 6.12. The van der Waals surface area contributed by atoms with E-state index in [2.05, 4.69) is 169 Å². The summed E-state index contributed by atoms with van der Waals surface area (Å²) in [6.07, 6.45) is 0. The molecule has 2 heterocycles. The van der Waals surface area contributed by atoms with E-state index in [4.69, 9.17) is 9.40 Å². The van der Waals surface area contributed by atoms with E-state index in [9.17, 15) is 0 Å². The molecule has 50 heavy (non-hydrogen) atoms. The molecule has 0 aliphatic carbocycles. The SMILES string of the molecule is c1ccc(-c2ccc(N(c3ccc(-c4ccc5c(n4)oc4ccccc45)cc3)c3cc4ccc5ccccc5c4c4ccccc34)cc2)cc1. The number of hydrogen-bond donors (Lipinski definition) is 0. The van der Waals surface area contributed by atoms with Crippen LogP contribution < -0.4 is 4.90 Å². The second-order valence-corrected chi connectivity index (χ2v) is 12.8. The number of furan rings is 1. The summed E-state index contributed by atoms with van der Waals surface area (Å²) in [5.41, 5.74) is 9.09. The minimum Gasteiger partial charge on any atom is -0.438 e. The Morgan fingerprint density at radius 2 is 1.00 bits per heavy atom. The average Bonchev–Trinajstić information content (AvgIpc) is 3.57. The van der Waals surface area contributed by atoms with Crippen LogP contribution in [0.3, 0.4) is 0 Å². The number of fused-ring (bicyclic) bond motifs is 8. The Morgan fingerprint density at radius 1 is 0.400 bits per heavy atom. The lowest BCUT2D eigenvalue weighted by Crippen LogP contribution is -2.10. The topological polar surface area (TPSA) is 29.3 Å². The maximum Gasteiger partial charge on any atom is 0.227 e. The molecule has 0 saturated carbocycles. The molecule has 234 valence electrons. The number of nitrogens with zero attached hydrogens (tertiary/aromatic N) is 2. The van der Waals surface area contributed by atoms with Crippen LogP contribution in [0.2, 0.25) is 0 Å². The molecule has 0 radical (unpaired) electrons. The van der Waals surface area contributed by atoms with Crippen LogP contribution in [-0.4, -0.2) is 4.98 Å². The highest BCUT2D eigenvalue weighted by Crippen LogP contribution is 2.44. The van der Waals surface area contributed by atoms with Gasteiger partial charge in [-0.05, 0) is 86.6 Å². The third-order valence-electron chi connectivity index (χ3n) is 9.86. The Hall–Kier alpha value is -6.71. The van der Waals surface area contributed by atoms with Crippen molar-refractivity contribution in [2.45, 2.75) is 0 Å². The summed E-state index contributed by atoms with van der Waals surface area (Å²) in [4.78, 5) is 7.31. The number of anilines is 3. The van der Waals surface area contributed by atoms with Gasteiger partial charge in [0.1, 0.15) is 5.58 Å². The third-order valence-corrected chi connectivity index (χ3v) is 9.86. The quantitative estimate of drug-likeness (QED) is 0.176. The van der Waals surface area contributed by atoms with Gasteiger partial charge in [-0.25, -0.2) is 4.98 Å². The zero-order valence-corrected chi connectivity index (χ0v) is 27.1. The summed E-state index contributed by atoms with van der Waals surface area (Å²) >= 11 is 0. The first-order chi connectivity index (χ1) is 24.8. The van der Waals surface area contributed by atoms with Gasteiger partial charge in [0.15, 0.2) is 0 Å². The van der Waals surface area contributed by atoms with Gasteiger partial charge >= 0.3 is 0 Å². The van der Waals surface area contributed by atoms with Gasteiger partial charge in [0, 0.05) is 33.1 Å². The standard InChI is InChI=1S/C47H30N2O/c1-2-10-31(11-3-1)32-20-24-36(25-21-32)49(44-30-35-19-18-33-12-4-5-13-38(33)46(35)41-16-7-6-14-39(41)44)37-26-22-34(23-27-37)43-29-28-42-40-15-8-9-17-45(40)50-47(42)48-43/h1-30H. The molecule has 0 fully saturated rings. The molecular weight excluding hydrogens is 609 g/mol. The number of pyridine rings is 1. The molecule has 0 aliphatic rings. The molecule has 0 bridgehead atoms. The van der Waals surface area contributed by atoms with Crippen molar-refractivity contribution in [1.82, 2.24) is 4.98 Å². The zero-order chi connectivity index (χ0) is 33.0. The van der Waals surface area contributed by atoms with Crippen LogP contribution in [-0.2, 0) is 0 Å². The minimum absolute atomic E-state index is 0.656. The Balaban J connectivity index is 1.14. The van der Waals surface area contributed by atoms with Gasteiger partial charge in [0.25, 0.3) is 0 Å². The Bertz CT molecular complexity index is 2850. The van der Waals surface area contributed by atoms with Crippen molar-refractivity contribution in [2.75, 3.05) is 4.90 Å². The van der Waals surface area contributed by atoms with Gasteiger partial charge in [-0.3, -0.25) is 0 Å². The van der Waals surface area contributed by atoms with Crippen molar-refractivity contribution in [3.63, 3.8) is 0 Å². The highest BCUT2D eigenvalue weighted by Gasteiger charge is 2.19. The van der Waals surface area contributed by atoms with Crippen LogP contribution in [0.15, 0.2) is 186 Å². The molecule has 3 nitrogen and oxygen atoms in total. The van der Waals surface area contributed by atoms with Gasteiger partial charge in [0.2, 0.25) is 5.71 Å². The van der Waals surface area contributed by atoms with E-state index in [1.165, 1.54) is 43.4 Å². The Labute approximate surface area is 289 Å². The molecule has 8 aromatic carbocycles. The monoisotopic (exact) mass is 638 g/mol. The van der Waals surface area contributed by atoms with Crippen LogP contribution >= 0.6 is 0 Å². The molecule has 3 heteroatoms. The molecule has 0 unspecified atom stereocenters. The van der Waals surface area contributed by atoms with Crippen molar-refractivity contribution in [2.24, 2.45) is 0 Å². The average molecular weight is 639 g/mol. The fourth-order valence-corrected chi connectivity index (χ4v) is 7.45. The first kappa shape index (κ1) is 28.3. The maximum absolute atomic E-state index is 6.12. The number of para-hydroxylation sites is 1. The highest BCUT2D eigenvalue weighted by atomic mass is 16.3. The fourth-order valence-electron chi connectivity index (χ4n) is 7.45. The molecular formula is C47H30N2O. The summed E-state index contributed by atoms with van der Waals surface area (Å²) in [6.45, 7) is 0. The summed E-state index contributed by atoms with van der Waals surface area (Å²) in [5, 5.41) is 9.56. The molecule has 0 saturated heterocycles.